The number of halogens is 3. The third kappa shape index (κ3) is 9.32. The lowest BCUT2D eigenvalue weighted by atomic mass is 10.2. The fraction of sp³-hybridized carbons (Fsp3) is 0.208. The lowest BCUT2D eigenvalue weighted by Gasteiger charge is -1.95. The topological polar surface area (TPSA) is 86.5 Å². The lowest BCUT2D eigenvalue weighted by Crippen LogP contribution is -2.03. The summed E-state index contributed by atoms with van der Waals surface area (Å²) in [4.78, 5) is 12.5. The standard InChI is InChI=1S/C9H9BrO2S.C8H7N.C6H4Cl2O2S.CH4/c1-12-9(11)6-4-5(6)7-2-3-8(10)13-7;1-2-7-5-3-4-6-8(7)9;7-5-1-3-6(4-2-5)11(8,9)10;/h2-3,5-6H,4H2,1H3;1,3-6H,9H2;1-4H;1H4. The number of nitrogen functional groups attached to an aromatic ring is 1. The van der Waals surface area contributed by atoms with Crippen molar-refractivity contribution in [3.05, 3.63) is 79.9 Å². The van der Waals surface area contributed by atoms with E-state index in [9.17, 15) is 13.2 Å². The van der Waals surface area contributed by atoms with E-state index in [1.54, 1.807) is 17.4 Å². The number of benzene rings is 2. The van der Waals surface area contributed by atoms with Gasteiger partial charge in [0, 0.05) is 37.8 Å². The molecule has 5 nitrogen and oxygen atoms in total. The summed E-state index contributed by atoms with van der Waals surface area (Å²) < 4.78 is 27.1. The lowest BCUT2D eigenvalue weighted by molar-refractivity contribution is -0.142. The zero-order chi connectivity index (χ0) is 24.6. The minimum atomic E-state index is -3.61. The number of carbonyl (C=O) groups is 1. The van der Waals surface area contributed by atoms with Crippen LogP contribution in [0.25, 0.3) is 0 Å². The minimum absolute atomic E-state index is 0. The van der Waals surface area contributed by atoms with E-state index in [1.807, 2.05) is 24.3 Å². The quantitative estimate of drug-likeness (QED) is 0.151. The summed E-state index contributed by atoms with van der Waals surface area (Å²) in [6, 6.07) is 17.1. The first-order valence-corrected chi connectivity index (χ1v) is 13.7. The Hall–Kier alpha value is -2.02. The van der Waals surface area contributed by atoms with Gasteiger partial charge >= 0.3 is 5.97 Å². The second kappa shape index (κ2) is 13.8. The van der Waals surface area contributed by atoms with Gasteiger partial charge in [-0.15, -0.1) is 17.8 Å². The molecule has 0 radical (unpaired) electrons. The molecule has 2 atom stereocenters. The van der Waals surface area contributed by atoms with Crippen LogP contribution < -0.4 is 5.73 Å². The Kier molecular flexibility index (Phi) is 12.1. The summed E-state index contributed by atoms with van der Waals surface area (Å²) in [5.74, 6) is 2.91. The number of hydrogen-bond donors (Lipinski definition) is 1. The fourth-order valence-electron chi connectivity index (χ4n) is 2.67. The molecule has 1 heterocycles. The molecular weight excluding hydrogens is 581 g/mol. The molecule has 2 aromatic carbocycles. The molecule has 2 N–H and O–H groups in total. The van der Waals surface area contributed by atoms with Gasteiger partial charge in [0.05, 0.1) is 21.7 Å². The fourth-order valence-corrected chi connectivity index (χ4v) is 5.17. The van der Waals surface area contributed by atoms with Crippen LogP contribution in [0.5, 0.6) is 0 Å². The molecule has 0 spiro atoms. The third-order valence-electron chi connectivity index (χ3n) is 4.47. The normalized spacial score (nSPS) is 15.7. The van der Waals surface area contributed by atoms with E-state index < -0.39 is 9.05 Å². The molecular formula is C24H24BrCl2NO4S2. The summed E-state index contributed by atoms with van der Waals surface area (Å²) in [6.45, 7) is 0. The highest BCUT2D eigenvalue weighted by Gasteiger charge is 2.45. The maximum Gasteiger partial charge on any atom is 0.309 e. The third-order valence-corrected chi connectivity index (χ3v) is 7.84. The molecule has 4 rings (SSSR count). The maximum absolute atomic E-state index is 11.1. The van der Waals surface area contributed by atoms with E-state index in [0.29, 0.717) is 16.6 Å². The van der Waals surface area contributed by atoms with Crippen molar-refractivity contribution in [3.8, 4) is 12.3 Å². The molecule has 1 aliphatic carbocycles. The number of carbonyl (C=O) groups excluding carboxylic acids is 1. The molecule has 2 unspecified atom stereocenters. The van der Waals surface area contributed by atoms with Crippen LogP contribution in [0.1, 0.15) is 30.2 Å². The van der Waals surface area contributed by atoms with Gasteiger partial charge in [-0.25, -0.2) is 8.42 Å². The molecule has 1 saturated carbocycles. The van der Waals surface area contributed by atoms with Gasteiger partial charge in [-0.3, -0.25) is 4.79 Å². The van der Waals surface area contributed by atoms with E-state index in [2.05, 4.69) is 32.7 Å². The van der Waals surface area contributed by atoms with E-state index >= 15 is 0 Å². The summed E-state index contributed by atoms with van der Waals surface area (Å²) in [6.07, 6.45) is 6.06. The van der Waals surface area contributed by atoms with Gasteiger partial charge in [0.2, 0.25) is 0 Å². The molecule has 0 bridgehead atoms. The number of thiophene rings is 1. The number of hydrogen-bond acceptors (Lipinski definition) is 6. The van der Waals surface area contributed by atoms with Gasteiger partial charge in [0.25, 0.3) is 9.05 Å². The van der Waals surface area contributed by atoms with Gasteiger partial charge < -0.3 is 10.5 Å². The second-order valence-electron chi connectivity index (χ2n) is 6.74. The average Bonchev–Trinajstić information content (AvgIpc) is 3.47. The number of terminal acetylenes is 1. The monoisotopic (exact) mass is 603 g/mol. The number of ether oxygens (including phenoxy) is 1. The van der Waals surface area contributed by atoms with Gasteiger partial charge in [-0.1, -0.05) is 37.1 Å². The van der Waals surface area contributed by atoms with E-state index in [4.69, 9.17) is 34.4 Å². The molecule has 1 aromatic heterocycles. The maximum atomic E-state index is 11.1. The Balaban J connectivity index is 0.000000256. The zero-order valence-electron chi connectivity index (χ0n) is 17.4. The predicted molar refractivity (Wildman–Crippen MR) is 145 cm³/mol. The van der Waals surface area contributed by atoms with Crippen LogP contribution in [0.2, 0.25) is 5.02 Å². The Bertz CT molecular complexity index is 1240. The van der Waals surface area contributed by atoms with Crippen LogP contribution in [-0.2, 0) is 18.6 Å². The number of methoxy groups -OCH3 is 1. The smallest absolute Gasteiger partial charge is 0.309 e. The Morgan fingerprint density at radius 3 is 2.24 bits per heavy atom. The average molecular weight is 605 g/mol. The molecule has 10 heteroatoms. The van der Waals surface area contributed by atoms with Crippen molar-refractivity contribution >= 4 is 70.3 Å². The summed E-state index contributed by atoms with van der Waals surface area (Å²) in [5.41, 5.74) is 6.92. The first kappa shape index (κ1) is 30.0. The first-order valence-electron chi connectivity index (χ1n) is 9.41. The van der Waals surface area contributed by atoms with Crippen LogP contribution in [0.4, 0.5) is 5.69 Å². The van der Waals surface area contributed by atoms with Gasteiger partial charge in [-0.05, 0) is 70.9 Å². The molecule has 182 valence electrons. The van der Waals surface area contributed by atoms with E-state index in [1.165, 1.54) is 36.3 Å². The van der Waals surface area contributed by atoms with Crippen molar-refractivity contribution in [3.63, 3.8) is 0 Å². The summed E-state index contributed by atoms with van der Waals surface area (Å²) in [7, 11) is 2.88. The van der Waals surface area contributed by atoms with Gasteiger partial charge in [-0.2, -0.15) is 0 Å². The van der Waals surface area contributed by atoms with E-state index in [-0.39, 0.29) is 24.2 Å². The largest absolute Gasteiger partial charge is 0.469 e. The predicted octanol–water partition coefficient (Wildman–Crippen LogP) is 6.94. The van der Waals surface area contributed by atoms with Crippen molar-refractivity contribution in [2.75, 3.05) is 12.8 Å². The number of anilines is 1. The Morgan fingerprint density at radius 2 is 1.79 bits per heavy atom. The van der Waals surface area contributed by atoms with Crippen molar-refractivity contribution in [1.29, 1.82) is 0 Å². The summed E-state index contributed by atoms with van der Waals surface area (Å²) >= 11 is 10.6. The van der Waals surface area contributed by atoms with Crippen LogP contribution in [0.15, 0.2) is 69.3 Å². The van der Waals surface area contributed by atoms with Crippen molar-refractivity contribution in [2.45, 2.75) is 24.7 Å². The van der Waals surface area contributed by atoms with E-state index in [0.717, 1.165) is 15.8 Å². The minimum Gasteiger partial charge on any atom is -0.469 e. The molecule has 3 aromatic rings. The van der Waals surface area contributed by atoms with Crippen LogP contribution >= 0.6 is 49.6 Å². The number of esters is 1. The molecule has 1 fully saturated rings. The second-order valence-corrected chi connectivity index (χ2v) is 12.2. The van der Waals surface area contributed by atoms with Crippen molar-refractivity contribution in [1.82, 2.24) is 0 Å². The van der Waals surface area contributed by atoms with Crippen LogP contribution in [-0.4, -0.2) is 21.5 Å². The molecule has 0 saturated heterocycles. The Labute approximate surface area is 222 Å². The molecule has 0 aliphatic heterocycles. The zero-order valence-corrected chi connectivity index (χ0v) is 22.1. The Morgan fingerprint density at radius 1 is 1.18 bits per heavy atom. The molecule has 34 heavy (non-hydrogen) atoms. The number of para-hydroxylation sites is 1. The van der Waals surface area contributed by atoms with Crippen LogP contribution in [0, 0.1) is 18.3 Å². The van der Waals surface area contributed by atoms with Crippen molar-refractivity contribution in [2.24, 2.45) is 5.92 Å². The molecule has 1 aliphatic rings. The van der Waals surface area contributed by atoms with Gasteiger partial charge in [0.1, 0.15) is 0 Å². The highest BCUT2D eigenvalue weighted by molar-refractivity contribution is 9.11. The number of rotatable bonds is 3. The molecule has 0 amide bonds. The van der Waals surface area contributed by atoms with Crippen molar-refractivity contribution < 1.29 is 17.9 Å². The highest BCUT2D eigenvalue weighted by atomic mass is 79.9. The van der Waals surface area contributed by atoms with Crippen LogP contribution in [0.3, 0.4) is 0 Å². The SMILES string of the molecule is C.C#Cc1ccccc1N.COC(=O)C1CC1c1ccc(Br)s1.O=S(=O)(Cl)c1ccc(Cl)cc1. The summed E-state index contributed by atoms with van der Waals surface area (Å²) in [5, 5.41) is 0.481. The number of nitrogens with two attached hydrogens (primary N) is 1. The highest BCUT2D eigenvalue weighted by Crippen LogP contribution is 2.50. The first-order chi connectivity index (χ1) is 15.6. The van der Waals surface area contributed by atoms with Gasteiger partial charge in [0.15, 0.2) is 0 Å².